The summed E-state index contributed by atoms with van der Waals surface area (Å²) in [5, 5.41) is 39.8. The number of carbonyl (C=O) groups excluding carboxylic acids is 2. The third kappa shape index (κ3) is 3.16. The highest BCUT2D eigenvalue weighted by Gasteiger charge is 2.74. The van der Waals surface area contributed by atoms with Crippen LogP contribution in [0.15, 0.2) is 23.8 Å². The van der Waals surface area contributed by atoms with Crippen LogP contribution in [0.1, 0.15) is 53.4 Å². The van der Waals surface area contributed by atoms with E-state index in [4.69, 9.17) is 21.5 Å². The van der Waals surface area contributed by atoms with E-state index in [1.54, 1.807) is 6.08 Å². The van der Waals surface area contributed by atoms with E-state index >= 15 is 0 Å². The number of Topliss-reactive ketones (excluding diaryl/α,β-unsaturated/α-hetero) is 1. The van der Waals surface area contributed by atoms with Crippen molar-refractivity contribution >= 4 is 29.1 Å². The first kappa shape index (κ1) is 25.1. The third-order valence-corrected chi connectivity index (χ3v) is 9.72. The molecular weight excluding hydrogens is 436 g/mol. The predicted octanol–water partition coefficient (Wildman–Crippen LogP) is 2.26. The molecule has 0 spiro atoms. The lowest BCUT2D eigenvalue weighted by Gasteiger charge is -2.63. The number of rotatable bonds is 2. The molecule has 32 heavy (non-hydrogen) atoms. The highest BCUT2D eigenvalue weighted by Crippen LogP contribution is 2.71. The van der Waals surface area contributed by atoms with Gasteiger partial charge in [0, 0.05) is 17.8 Å². The van der Waals surface area contributed by atoms with Crippen LogP contribution in [0.25, 0.3) is 0 Å². The average Bonchev–Trinajstić information content (AvgIpc) is 2.90. The van der Waals surface area contributed by atoms with Crippen molar-refractivity contribution in [1.29, 1.82) is 0 Å². The second-order valence-electron chi connectivity index (χ2n) is 10.3. The fourth-order valence-corrected chi connectivity index (χ4v) is 7.78. The Hall–Kier alpha value is -1.54. The molecular formula is C24H33ClO7. The van der Waals surface area contributed by atoms with E-state index in [0.717, 1.165) is 12.5 Å². The second-order valence-corrected chi connectivity index (χ2v) is 10.9. The highest BCUT2D eigenvalue weighted by atomic mass is 35.5. The van der Waals surface area contributed by atoms with Gasteiger partial charge < -0.3 is 20.4 Å². The van der Waals surface area contributed by atoms with Crippen molar-refractivity contribution in [3.8, 4) is 0 Å². The van der Waals surface area contributed by atoms with Crippen LogP contribution in [0, 0.1) is 28.6 Å². The molecule has 0 bridgehead atoms. The Balaban J connectivity index is 0.000000668. The van der Waals surface area contributed by atoms with Crippen LogP contribution >= 0.6 is 11.6 Å². The zero-order chi connectivity index (χ0) is 24.3. The van der Waals surface area contributed by atoms with Crippen molar-refractivity contribution in [2.24, 2.45) is 28.6 Å². The Morgan fingerprint density at radius 1 is 1.25 bits per heavy atom. The molecule has 7 nitrogen and oxygen atoms in total. The number of aliphatic hydroxyl groups is 3. The average molecular weight is 469 g/mol. The Bertz CT molecular complexity index is 893. The number of carbonyl (C=O) groups is 3. The number of alkyl halides is 1. The zero-order valence-corrected chi connectivity index (χ0v) is 19.7. The van der Waals surface area contributed by atoms with Crippen LogP contribution < -0.4 is 0 Å². The molecule has 8 heteroatoms. The first-order valence-corrected chi connectivity index (χ1v) is 11.4. The minimum atomic E-state index is -1.68. The number of hydrogen-bond acceptors (Lipinski definition) is 6. The van der Waals surface area contributed by atoms with Crippen molar-refractivity contribution in [2.75, 3.05) is 6.61 Å². The van der Waals surface area contributed by atoms with Crippen molar-refractivity contribution in [1.82, 2.24) is 0 Å². The van der Waals surface area contributed by atoms with Gasteiger partial charge in [0.25, 0.3) is 5.97 Å². The molecule has 4 aliphatic carbocycles. The van der Waals surface area contributed by atoms with E-state index in [1.807, 2.05) is 26.8 Å². The molecule has 4 aliphatic rings. The fourth-order valence-electron chi connectivity index (χ4n) is 7.26. The van der Waals surface area contributed by atoms with Gasteiger partial charge in [0.15, 0.2) is 11.6 Å². The van der Waals surface area contributed by atoms with Gasteiger partial charge in [0.05, 0.1) is 11.0 Å². The van der Waals surface area contributed by atoms with Gasteiger partial charge in [-0.3, -0.25) is 14.4 Å². The molecule has 0 aromatic heterocycles. The molecule has 3 fully saturated rings. The molecule has 0 aliphatic heterocycles. The maximum Gasteiger partial charge on any atom is 0.300 e. The topological polar surface area (TPSA) is 132 Å². The monoisotopic (exact) mass is 468 g/mol. The van der Waals surface area contributed by atoms with E-state index in [0.29, 0.717) is 19.3 Å². The summed E-state index contributed by atoms with van der Waals surface area (Å²) in [5.41, 5.74) is -2.25. The number of carboxylic acids is 1. The molecule has 0 aromatic rings. The number of fused-ring (bicyclic) bond motifs is 5. The summed E-state index contributed by atoms with van der Waals surface area (Å²) in [6.45, 7) is 6.05. The van der Waals surface area contributed by atoms with Crippen LogP contribution in [0.2, 0.25) is 0 Å². The lowest BCUT2D eigenvalue weighted by molar-refractivity contribution is -0.179. The summed E-state index contributed by atoms with van der Waals surface area (Å²) in [4.78, 5) is 32.5. The van der Waals surface area contributed by atoms with Crippen LogP contribution in [0.3, 0.4) is 0 Å². The van der Waals surface area contributed by atoms with E-state index in [2.05, 4.69) is 0 Å². The molecule has 8 atom stereocenters. The summed E-state index contributed by atoms with van der Waals surface area (Å²) in [7, 11) is 0. The standard InChI is InChI=1S/C22H29ClO5.C2H4O2/c1-12-8-16-15-5-4-13-9-14(25)6-7-19(13,2)21(15,23)17(26)10-20(16,3)22(12,28)18(27)11-24;1-2(3)4/h6-7,9,12,15-17,24,26,28H,4-5,8,10-11H2,1-3H3;1H3,(H,3,4)/t12-,15-,16-,17-,19-,20-,21-,22-;/m0./s1. The van der Waals surface area contributed by atoms with E-state index in [9.17, 15) is 24.9 Å². The first-order chi connectivity index (χ1) is 14.7. The van der Waals surface area contributed by atoms with Crippen LogP contribution in [-0.2, 0) is 14.4 Å². The SMILES string of the molecule is CC(=O)O.C[C@H]1C[C@H]2[C@@H]3CCC4=CC(=O)C=C[C@]4(C)[C@@]3(Cl)[C@@H](O)C[C@]2(C)[C@@]1(O)C(=O)CO. The van der Waals surface area contributed by atoms with Crippen molar-refractivity contribution in [3.63, 3.8) is 0 Å². The summed E-state index contributed by atoms with van der Waals surface area (Å²) >= 11 is 7.30. The van der Waals surface area contributed by atoms with Gasteiger partial charge in [-0.25, -0.2) is 0 Å². The fraction of sp³-hybridized carbons (Fsp3) is 0.708. The lowest BCUT2D eigenvalue weighted by Crippen LogP contribution is -2.69. The number of aliphatic hydroxyl groups excluding tert-OH is 2. The molecule has 4 N–H and O–H groups in total. The summed E-state index contributed by atoms with van der Waals surface area (Å²) in [6, 6.07) is 0. The van der Waals surface area contributed by atoms with Gasteiger partial charge in [-0.1, -0.05) is 32.4 Å². The predicted molar refractivity (Wildman–Crippen MR) is 118 cm³/mol. The summed E-state index contributed by atoms with van der Waals surface area (Å²) in [5.74, 6) is -1.98. The maximum absolute atomic E-state index is 12.6. The Morgan fingerprint density at radius 2 is 1.84 bits per heavy atom. The van der Waals surface area contributed by atoms with Gasteiger partial charge in [0.1, 0.15) is 12.2 Å². The molecule has 0 aromatic carbocycles. The van der Waals surface area contributed by atoms with E-state index in [1.165, 1.54) is 6.08 Å². The maximum atomic E-state index is 12.6. The Kier molecular flexibility index (Phi) is 6.31. The molecule has 0 saturated heterocycles. The van der Waals surface area contributed by atoms with Crippen molar-refractivity contribution in [2.45, 2.75) is 70.0 Å². The van der Waals surface area contributed by atoms with Gasteiger partial charge >= 0.3 is 0 Å². The van der Waals surface area contributed by atoms with E-state index < -0.39 is 45.8 Å². The summed E-state index contributed by atoms with van der Waals surface area (Å²) in [6.07, 6.45) is 6.22. The molecule has 178 valence electrons. The number of carboxylic acid groups (broad SMARTS) is 1. The van der Waals surface area contributed by atoms with Gasteiger partial charge in [-0.15, -0.1) is 11.6 Å². The number of hydrogen-bond donors (Lipinski definition) is 4. The quantitative estimate of drug-likeness (QED) is 0.457. The number of aliphatic carboxylic acids is 1. The van der Waals surface area contributed by atoms with Crippen molar-refractivity contribution < 1.29 is 34.8 Å². The third-order valence-electron chi connectivity index (χ3n) is 8.79. The molecule has 4 rings (SSSR count). The Labute approximate surface area is 193 Å². The molecule has 0 heterocycles. The molecule has 0 radical (unpaired) electrons. The zero-order valence-electron chi connectivity index (χ0n) is 19.0. The highest BCUT2D eigenvalue weighted by molar-refractivity contribution is 6.26. The number of allylic oxidation sites excluding steroid dienone is 4. The largest absolute Gasteiger partial charge is 0.481 e. The number of ketones is 2. The van der Waals surface area contributed by atoms with E-state index in [-0.39, 0.29) is 30.0 Å². The minimum Gasteiger partial charge on any atom is -0.481 e. The molecule has 0 unspecified atom stereocenters. The molecule has 3 saturated carbocycles. The van der Waals surface area contributed by atoms with Gasteiger partial charge in [0.2, 0.25) is 0 Å². The van der Waals surface area contributed by atoms with Crippen LogP contribution in [0.5, 0.6) is 0 Å². The van der Waals surface area contributed by atoms with Crippen LogP contribution in [0.4, 0.5) is 0 Å². The minimum absolute atomic E-state index is 0.0567. The first-order valence-electron chi connectivity index (χ1n) is 11.1. The second kappa shape index (κ2) is 8.05. The van der Waals surface area contributed by atoms with Gasteiger partial charge in [-0.2, -0.15) is 0 Å². The summed E-state index contributed by atoms with van der Waals surface area (Å²) < 4.78 is 0. The van der Waals surface area contributed by atoms with Crippen molar-refractivity contribution in [3.05, 3.63) is 23.8 Å². The Morgan fingerprint density at radius 3 is 2.41 bits per heavy atom. The number of halogens is 1. The van der Waals surface area contributed by atoms with Crippen LogP contribution in [-0.4, -0.2) is 61.1 Å². The molecule has 0 amide bonds. The smallest absolute Gasteiger partial charge is 0.300 e. The van der Waals surface area contributed by atoms with Gasteiger partial charge in [-0.05, 0) is 55.6 Å². The normalized spacial score (nSPS) is 46.8. The lowest BCUT2D eigenvalue weighted by atomic mass is 9.45.